The van der Waals surface area contributed by atoms with E-state index in [0.29, 0.717) is 6.04 Å². The second-order valence-corrected chi connectivity index (χ2v) is 5.48. The van der Waals surface area contributed by atoms with Crippen molar-refractivity contribution >= 4 is 11.6 Å². The fourth-order valence-electron chi connectivity index (χ4n) is 2.71. The zero-order valence-electron chi connectivity index (χ0n) is 11.3. The molecule has 0 spiro atoms. The summed E-state index contributed by atoms with van der Waals surface area (Å²) in [5, 5.41) is 4.31. The average Bonchev–Trinajstić information content (AvgIpc) is 2.50. The summed E-state index contributed by atoms with van der Waals surface area (Å²) < 4.78 is 0. The molecule has 0 radical (unpaired) electrons. The minimum absolute atomic E-state index is 0.317. The number of benzene rings is 1. The third-order valence-electron chi connectivity index (χ3n) is 3.73. The molecule has 0 saturated carbocycles. The Balaban J connectivity index is 1.83. The van der Waals surface area contributed by atoms with E-state index < -0.39 is 0 Å². The van der Waals surface area contributed by atoms with Gasteiger partial charge in [0.1, 0.15) is 0 Å². The first-order valence-corrected chi connectivity index (χ1v) is 7.30. The molecule has 3 nitrogen and oxygen atoms in total. The molecule has 0 amide bonds. The van der Waals surface area contributed by atoms with Crippen molar-refractivity contribution in [3.63, 3.8) is 0 Å². The van der Waals surface area contributed by atoms with Gasteiger partial charge in [0, 0.05) is 49.6 Å². The van der Waals surface area contributed by atoms with Gasteiger partial charge in [0.25, 0.3) is 0 Å². The first kappa shape index (κ1) is 13.6. The van der Waals surface area contributed by atoms with E-state index in [0.717, 1.165) is 31.2 Å². The molecule has 0 bridgehead atoms. The zero-order valence-corrected chi connectivity index (χ0v) is 12.1. The van der Waals surface area contributed by atoms with E-state index in [4.69, 9.17) is 11.6 Å². The highest BCUT2D eigenvalue weighted by atomic mass is 35.5. The topological polar surface area (TPSA) is 28.2 Å². The summed E-state index contributed by atoms with van der Waals surface area (Å²) in [6.07, 6.45) is 3.75. The molecule has 1 N–H and O–H groups in total. The standard InChI is InChI=1S/C16H18ClN3/c17-15-6-2-1-5-14(15)16-11-19-8-9-20(16)12-13-4-3-7-18-10-13/h1-7,10,16,19H,8-9,11-12H2. The number of piperazine rings is 1. The van der Waals surface area contributed by atoms with Crippen molar-refractivity contribution in [1.29, 1.82) is 0 Å². The van der Waals surface area contributed by atoms with Gasteiger partial charge >= 0.3 is 0 Å². The van der Waals surface area contributed by atoms with Crippen LogP contribution >= 0.6 is 11.6 Å². The van der Waals surface area contributed by atoms with Gasteiger partial charge in [0.05, 0.1) is 0 Å². The Morgan fingerprint density at radius 1 is 1.25 bits per heavy atom. The van der Waals surface area contributed by atoms with Crippen LogP contribution < -0.4 is 5.32 Å². The molecular formula is C16H18ClN3. The number of nitrogens with zero attached hydrogens (tertiary/aromatic N) is 2. The Hall–Kier alpha value is -1.42. The highest BCUT2D eigenvalue weighted by molar-refractivity contribution is 6.31. The summed E-state index contributed by atoms with van der Waals surface area (Å²) in [6, 6.07) is 12.5. The SMILES string of the molecule is Clc1ccccc1C1CNCCN1Cc1cccnc1. The Morgan fingerprint density at radius 3 is 2.95 bits per heavy atom. The predicted octanol–water partition coefficient (Wildman–Crippen LogP) is 2.88. The number of hydrogen-bond donors (Lipinski definition) is 1. The van der Waals surface area contributed by atoms with Crippen LogP contribution in [0, 0.1) is 0 Å². The van der Waals surface area contributed by atoms with Crippen molar-refractivity contribution in [2.75, 3.05) is 19.6 Å². The van der Waals surface area contributed by atoms with E-state index in [-0.39, 0.29) is 0 Å². The molecule has 1 atom stereocenters. The molecule has 2 heterocycles. The molecule has 3 rings (SSSR count). The Kier molecular flexibility index (Phi) is 4.31. The Bertz CT molecular complexity index is 559. The fraction of sp³-hybridized carbons (Fsp3) is 0.312. The monoisotopic (exact) mass is 287 g/mol. The van der Waals surface area contributed by atoms with Crippen molar-refractivity contribution in [1.82, 2.24) is 15.2 Å². The maximum Gasteiger partial charge on any atom is 0.0491 e. The summed E-state index contributed by atoms with van der Waals surface area (Å²) in [6.45, 7) is 3.88. The number of nitrogens with one attached hydrogen (secondary N) is 1. The fourth-order valence-corrected chi connectivity index (χ4v) is 2.98. The second kappa shape index (κ2) is 6.35. The van der Waals surface area contributed by atoms with Gasteiger partial charge < -0.3 is 5.32 Å². The molecule has 1 aliphatic rings. The predicted molar refractivity (Wildman–Crippen MR) is 81.7 cm³/mol. The Labute approximate surface area is 124 Å². The van der Waals surface area contributed by atoms with E-state index >= 15 is 0 Å². The lowest BCUT2D eigenvalue weighted by Gasteiger charge is -2.36. The van der Waals surface area contributed by atoms with Gasteiger partial charge in [-0.05, 0) is 23.3 Å². The number of hydrogen-bond acceptors (Lipinski definition) is 3. The van der Waals surface area contributed by atoms with E-state index in [1.165, 1.54) is 11.1 Å². The highest BCUT2D eigenvalue weighted by Gasteiger charge is 2.25. The maximum absolute atomic E-state index is 6.36. The highest BCUT2D eigenvalue weighted by Crippen LogP contribution is 2.29. The second-order valence-electron chi connectivity index (χ2n) is 5.07. The lowest BCUT2D eigenvalue weighted by atomic mass is 10.0. The average molecular weight is 288 g/mol. The maximum atomic E-state index is 6.36. The van der Waals surface area contributed by atoms with Gasteiger partial charge in [0.2, 0.25) is 0 Å². The molecule has 1 aromatic carbocycles. The lowest BCUT2D eigenvalue weighted by Crippen LogP contribution is -2.45. The number of halogens is 1. The quantitative estimate of drug-likeness (QED) is 0.941. The van der Waals surface area contributed by atoms with Crippen molar-refractivity contribution < 1.29 is 0 Å². The van der Waals surface area contributed by atoms with E-state index in [1.54, 1.807) is 0 Å². The molecule has 1 fully saturated rings. The van der Waals surface area contributed by atoms with Crippen LogP contribution in [0.2, 0.25) is 5.02 Å². The van der Waals surface area contributed by atoms with Crippen molar-refractivity contribution in [2.24, 2.45) is 0 Å². The van der Waals surface area contributed by atoms with Crippen molar-refractivity contribution in [3.8, 4) is 0 Å². The molecule has 1 aromatic heterocycles. The normalized spacial score (nSPS) is 19.9. The van der Waals surface area contributed by atoms with Crippen LogP contribution in [0.3, 0.4) is 0 Å². The molecule has 1 aliphatic heterocycles. The summed E-state index contributed by atoms with van der Waals surface area (Å²) in [7, 11) is 0. The van der Waals surface area contributed by atoms with Crippen molar-refractivity contribution in [3.05, 3.63) is 64.9 Å². The summed E-state index contributed by atoms with van der Waals surface area (Å²) in [5.74, 6) is 0. The lowest BCUT2D eigenvalue weighted by molar-refractivity contribution is 0.153. The smallest absolute Gasteiger partial charge is 0.0491 e. The van der Waals surface area contributed by atoms with Gasteiger partial charge in [-0.3, -0.25) is 9.88 Å². The summed E-state index contributed by atoms with van der Waals surface area (Å²) in [4.78, 5) is 6.66. The van der Waals surface area contributed by atoms with Crippen LogP contribution in [0.1, 0.15) is 17.2 Å². The van der Waals surface area contributed by atoms with Crippen LogP contribution in [-0.2, 0) is 6.54 Å². The zero-order chi connectivity index (χ0) is 13.8. The molecule has 2 aromatic rings. The first-order chi connectivity index (χ1) is 9.84. The molecule has 4 heteroatoms. The third-order valence-corrected chi connectivity index (χ3v) is 4.07. The minimum atomic E-state index is 0.317. The molecule has 0 aliphatic carbocycles. The summed E-state index contributed by atoms with van der Waals surface area (Å²) >= 11 is 6.36. The number of aromatic nitrogens is 1. The number of pyridine rings is 1. The van der Waals surface area contributed by atoms with Crippen LogP contribution in [0.4, 0.5) is 0 Å². The van der Waals surface area contributed by atoms with Crippen LogP contribution in [0.5, 0.6) is 0 Å². The van der Waals surface area contributed by atoms with Gasteiger partial charge in [-0.15, -0.1) is 0 Å². The van der Waals surface area contributed by atoms with Gasteiger partial charge in [0.15, 0.2) is 0 Å². The van der Waals surface area contributed by atoms with Crippen LogP contribution in [0.15, 0.2) is 48.8 Å². The van der Waals surface area contributed by atoms with E-state index in [1.807, 2.05) is 30.6 Å². The molecule has 104 valence electrons. The van der Waals surface area contributed by atoms with Gasteiger partial charge in [-0.25, -0.2) is 0 Å². The van der Waals surface area contributed by atoms with Crippen molar-refractivity contribution in [2.45, 2.75) is 12.6 Å². The molecule has 1 unspecified atom stereocenters. The van der Waals surface area contributed by atoms with E-state index in [9.17, 15) is 0 Å². The van der Waals surface area contributed by atoms with Gasteiger partial charge in [-0.2, -0.15) is 0 Å². The third kappa shape index (κ3) is 3.01. The van der Waals surface area contributed by atoms with Crippen LogP contribution in [-0.4, -0.2) is 29.5 Å². The molecule has 1 saturated heterocycles. The molecular weight excluding hydrogens is 270 g/mol. The van der Waals surface area contributed by atoms with E-state index in [2.05, 4.69) is 33.4 Å². The Morgan fingerprint density at radius 2 is 2.15 bits per heavy atom. The number of rotatable bonds is 3. The van der Waals surface area contributed by atoms with Crippen LogP contribution in [0.25, 0.3) is 0 Å². The summed E-state index contributed by atoms with van der Waals surface area (Å²) in [5.41, 5.74) is 2.44. The van der Waals surface area contributed by atoms with Gasteiger partial charge in [-0.1, -0.05) is 35.9 Å². The largest absolute Gasteiger partial charge is 0.314 e. The minimum Gasteiger partial charge on any atom is -0.314 e. The molecule has 20 heavy (non-hydrogen) atoms. The first-order valence-electron chi connectivity index (χ1n) is 6.92.